The summed E-state index contributed by atoms with van der Waals surface area (Å²) >= 11 is 1.83. The molecule has 2 aliphatic heterocycles. The molecule has 0 bridgehead atoms. The lowest BCUT2D eigenvalue weighted by Crippen LogP contribution is -2.61. The number of fused-ring (bicyclic) bond motifs is 8. The van der Waals surface area contributed by atoms with Crippen LogP contribution in [-0.2, 0) is 21.7 Å². The Morgan fingerprint density at radius 2 is 0.835 bits per heavy atom. The number of aryl methyl sites for hydroxylation is 1. The van der Waals surface area contributed by atoms with Crippen molar-refractivity contribution >= 4 is 264 Å². The van der Waals surface area contributed by atoms with Gasteiger partial charge in [0, 0.05) is 43.3 Å². The summed E-state index contributed by atoms with van der Waals surface area (Å²) in [5.74, 6) is 0. The molecule has 0 spiro atoms. The standard InChI is InChI=1S/C61H45B15N2S/c1-24-18-34-54-35(19-24)78(56-52(74)44(66)39(45(67)53(56)75)38-42(64)48(70)51(73)49(71)43(38)65)33-13-10-25(37-40(62)46(68)50(72)47(69)41(37)63)20-32(33)76(54)57-55(27-22-30-31(23-36(27)79-57)61(8,9)17-16-60(30,6)7)77(34)26-11-12-28-29(21-26)59(4,5)15-14-58(28,2)3/h10-13,18-23H,14-17H2,1-9H3. The van der Waals surface area contributed by atoms with Gasteiger partial charge in [-0.1, -0.05) is 117 Å². The number of benzene rings is 7. The molecule has 0 atom stereocenters. The fourth-order valence-electron chi connectivity index (χ4n) is 13.7. The van der Waals surface area contributed by atoms with E-state index in [1.807, 2.05) is 23.5 Å². The highest BCUT2D eigenvalue weighted by Crippen LogP contribution is 2.54. The molecule has 0 amide bonds. The smallest absolute Gasteiger partial charge is 0.264 e. The second-order valence-electron chi connectivity index (χ2n) is 25.3. The molecule has 8 aromatic rings. The fraction of sp³-hybridized carbons (Fsp3) is 0.279. The average molecular weight is 1000 g/mol. The summed E-state index contributed by atoms with van der Waals surface area (Å²) in [5.41, 5.74) is 16.1. The summed E-state index contributed by atoms with van der Waals surface area (Å²) in [7, 11) is 95.1. The Morgan fingerprint density at radius 1 is 0.405 bits per heavy atom. The molecular weight excluding hydrogens is 955 g/mol. The quantitative estimate of drug-likeness (QED) is 0.197. The van der Waals surface area contributed by atoms with Gasteiger partial charge in [-0.2, -0.15) is 0 Å². The highest BCUT2D eigenvalue weighted by molar-refractivity contribution is 7.33. The van der Waals surface area contributed by atoms with E-state index >= 15 is 0 Å². The van der Waals surface area contributed by atoms with Crippen molar-refractivity contribution in [2.75, 3.05) is 9.80 Å². The second kappa shape index (κ2) is 18.0. The van der Waals surface area contributed by atoms with E-state index < -0.39 is 0 Å². The van der Waals surface area contributed by atoms with Crippen LogP contribution < -0.4 is 102 Å². The molecule has 12 rings (SSSR count). The van der Waals surface area contributed by atoms with E-state index in [1.54, 1.807) is 0 Å². The first kappa shape index (κ1) is 54.7. The molecule has 3 heterocycles. The Hall–Kier alpha value is -4.93. The Bertz CT molecular complexity index is 3990. The molecule has 2 nitrogen and oxygen atoms in total. The first-order valence-electron chi connectivity index (χ1n) is 26.9. The van der Waals surface area contributed by atoms with Crippen LogP contribution in [0.25, 0.3) is 32.3 Å². The van der Waals surface area contributed by atoms with Gasteiger partial charge >= 0.3 is 0 Å². The Kier molecular flexibility index (Phi) is 12.5. The van der Waals surface area contributed by atoms with E-state index in [1.165, 1.54) is 32.3 Å². The molecule has 18 heteroatoms. The maximum absolute atomic E-state index is 7.42. The minimum atomic E-state index is -0.380. The van der Waals surface area contributed by atoms with E-state index in [0.29, 0.717) is 16.8 Å². The summed E-state index contributed by atoms with van der Waals surface area (Å²) in [4.78, 5) is 4.57. The number of nitrogens with zero attached hydrogens (tertiary/aromatic N) is 2. The SMILES string of the molecule is [B]c1c([B])c([B])c(-c2ccc3c(c2)B2c4sc5cc6c(cc5c4N(c4ccc5c(c4)C(C)(C)CCC5(C)C)c4cc(C)cc(c42)N3c2c([B])c([B])c(-c3c([B])c([B])c([B])c([B])c3[B])c([B])c2[B])C(C)(C)CCC6(C)C)c([B])c1[B]. The molecule has 0 N–H and O–H groups in total. The maximum Gasteiger partial charge on any atom is 0.264 e. The van der Waals surface area contributed by atoms with Gasteiger partial charge in [0.15, 0.2) is 0 Å². The van der Waals surface area contributed by atoms with Gasteiger partial charge in [0.1, 0.15) is 110 Å². The summed E-state index contributed by atoms with van der Waals surface area (Å²) in [5, 5.41) is 1.19. The van der Waals surface area contributed by atoms with Crippen molar-refractivity contribution in [2.24, 2.45) is 0 Å². The van der Waals surface area contributed by atoms with E-state index in [4.69, 9.17) is 110 Å². The number of hydrogen-bond donors (Lipinski definition) is 0. The van der Waals surface area contributed by atoms with Gasteiger partial charge in [-0.05, 0) is 158 Å². The molecule has 4 aliphatic rings. The van der Waals surface area contributed by atoms with Crippen LogP contribution in [0.4, 0.5) is 34.1 Å². The second-order valence-corrected chi connectivity index (χ2v) is 26.4. The Balaban J connectivity index is 1.23. The lowest BCUT2D eigenvalue weighted by molar-refractivity contribution is 0.332. The minimum absolute atomic E-state index is 0.00526. The summed E-state index contributed by atoms with van der Waals surface area (Å²) < 4.78 is 2.35. The third-order valence-electron chi connectivity index (χ3n) is 18.7. The number of rotatable bonds is 4. The number of hydrogen-bond acceptors (Lipinski definition) is 3. The molecular formula is C61H45B15N2S. The topological polar surface area (TPSA) is 6.48 Å². The maximum atomic E-state index is 7.42. The molecule has 2 aliphatic carbocycles. The van der Waals surface area contributed by atoms with Crippen molar-refractivity contribution < 1.29 is 0 Å². The average Bonchev–Trinajstić information content (AvgIpc) is 4.07. The van der Waals surface area contributed by atoms with Gasteiger partial charge in [-0.25, -0.2) is 0 Å². The third kappa shape index (κ3) is 7.69. The summed E-state index contributed by atoms with van der Waals surface area (Å²) in [6.45, 7) is 20.7. The molecule has 79 heavy (non-hydrogen) atoms. The molecule has 0 saturated heterocycles. The highest BCUT2D eigenvalue weighted by atomic mass is 32.1. The molecule has 7 aromatic carbocycles. The van der Waals surface area contributed by atoms with Crippen molar-refractivity contribution in [1.82, 2.24) is 0 Å². The van der Waals surface area contributed by atoms with Gasteiger partial charge in [-0.15, -0.1) is 44.1 Å². The van der Waals surface area contributed by atoms with Crippen LogP contribution in [0.3, 0.4) is 0 Å². The van der Waals surface area contributed by atoms with Gasteiger partial charge in [0.25, 0.3) is 6.71 Å². The zero-order chi connectivity index (χ0) is 57.0. The van der Waals surface area contributed by atoms with Crippen LogP contribution in [0.15, 0.2) is 60.7 Å². The van der Waals surface area contributed by atoms with E-state index in [9.17, 15) is 0 Å². The van der Waals surface area contributed by atoms with Gasteiger partial charge < -0.3 is 9.80 Å². The first-order chi connectivity index (χ1) is 36.9. The normalized spacial score (nSPS) is 17.0. The molecule has 0 unspecified atom stereocenters. The number of anilines is 6. The molecule has 28 radical (unpaired) electrons. The fourth-order valence-corrected chi connectivity index (χ4v) is 15.0. The summed E-state index contributed by atoms with van der Waals surface area (Å²) in [6.07, 6.45) is 4.30. The number of thiophene rings is 1. The van der Waals surface area contributed by atoms with Crippen molar-refractivity contribution in [1.29, 1.82) is 0 Å². The van der Waals surface area contributed by atoms with Crippen molar-refractivity contribution in [3.8, 4) is 22.3 Å². The van der Waals surface area contributed by atoms with Crippen LogP contribution >= 0.6 is 11.3 Å². The van der Waals surface area contributed by atoms with Crippen LogP contribution in [0.1, 0.15) is 109 Å². The predicted octanol–water partition coefficient (Wildman–Crippen LogP) is -1.56. The lowest BCUT2D eigenvalue weighted by atomic mass is 9.36. The van der Waals surface area contributed by atoms with Gasteiger partial charge in [0.05, 0.1) is 5.69 Å². The molecule has 1 aromatic heterocycles. The van der Waals surface area contributed by atoms with Crippen molar-refractivity contribution in [3.63, 3.8) is 0 Å². The van der Waals surface area contributed by atoms with Crippen LogP contribution in [0, 0.1) is 6.92 Å². The monoisotopic (exact) mass is 1000 g/mol. The molecule has 0 saturated carbocycles. The third-order valence-corrected chi connectivity index (χ3v) is 19.9. The Labute approximate surface area is 491 Å². The highest BCUT2D eigenvalue weighted by Gasteiger charge is 2.48. The minimum Gasteiger partial charge on any atom is -0.313 e. The van der Waals surface area contributed by atoms with Gasteiger partial charge in [-0.3, -0.25) is 0 Å². The molecule has 350 valence electrons. The van der Waals surface area contributed by atoms with Crippen molar-refractivity contribution in [2.45, 2.75) is 110 Å². The zero-order valence-corrected chi connectivity index (χ0v) is 47.4. The van der Waals surface area contributed by atoms with Crippen LogP contribution in [0.2, 0.25) is 0 Å². The van der Waals surface area contributed by atoms with Crippen LogP contribution in [-0.4, -0.2) is 117 Å². The molecule has 0 fully saturated rings. The largest absolute Gasteiger partial charge is 0.313 e. The first-order valence-corrected chi connectivity index (χ1v) is 27.7. The van der Waals surface area contributed by atoms with Crippen molar-refractivity contribution in [3.05, 3.63) is 88.5 Å². The van der Waals surface area contributed by atoms with E-state index in [-0.39, 0.29) is 116 Å². The summed E-state index contributed by atoms with van der Waals surface area (Å²) in [6, 6.07) is 22.7. The van der Waals surface area contributed by atoms with Crippen LogP contribution in [0.5, 0.6) is 0 Å². The predicted molar refractivity (Wildman–Crippen MR) is 357 cm³/mol. The van der Waals surface area contributed by atoms with E-state index in [2.05, 4.69) is 121 Å². The van der Waals surface area contributed by atoms with E-state index in [0.717, 1.165) is 75.4 Å². The Morgan fingerprint density at radius 3 is 1.35 bits per heavy atom. The van der Waals surface area contributed by atoms with Gasteiger partial charge in [0.2, 0.25) is 0 Å². The zero-order valence-electron chi connectivity index (χ0n) is 46.6. The lowest BCUT2D eigenvalue weighted by Gasteiger charge is -2.46.